The smallest absolute Gasteiger partial charge is 0.272 e. The zero-order chi connectivity index (χ0) is 12.1. The Morgan fingerprint density at radius 1 is 1.44 bits per heavy atom. The maximum atomic E-state index is 11.3. The fourth-order valence-corrected chi connectivity index (χ4v) is 1.48. The number of hydrogen-bond donors (Lipinski definition) is 1. The molecule has 6 heteroatoms. The van der Waals surface area contributed by atoms with E-state index in [1.54, 1.807) is 32.3 Å². The van der Waals surface area contributed by atoms with Crippen LogP contribution in [0.5, 0.6) is 5.75 Å². The summed E-state index contributed by atoms with van der Waals surface area (Å²) in [7, 11) is 3.43. The fraction of sp³-hybridized carbons (Fsp3) is 0.300. The summed E-state index contributed by atoms with van der Waals surface area (Å²) >= 11 is 11.6. The first-order chi connectivity index (χ1) is 7.49. The van der Waals surface area contributed by atoms with Crippen LogP contribution in [0.2, 0.25) is 10.0 Å². The highest BCUT2D eigenvalue weighted by atomic mass is 35.5. The number of carbonyl (C=O) groups excluding carboxylic acids is 1. The zero-order valence-corrected chi connectivity index (χ0v) is 10.5. The van der Waals surface area contributed by atoms with Crippen LogP contribution in [-0.4, -0.2) is 31.6 Å². The maximum absolute atomic E-state index is 11.3. The maximum Gasteiger partial charge on any atom is 0.272 e. The zero-order valence-electron chi connectivity index (χ0n) is 8.96. The average Bonchev–Trinajstić information content (AvgIpc) is 2.15. The van der Waals surface area contributed by atoms with E-state index in [0.717, 1.165) is 0 Å². The molecule has 0 heterocycles. The second-order valence-corrected chi connectivity index (χ2v) is 4.14. The Kier molecular flexibility index (Phi) is 4.86. The van der Waals surface area contributed by atoms with Gasteiger partial charge < -0.3 is 4.74 Å². The average molecular weight is 263 g/mol. The van der Waals surface area contributed by atoms with Gasteiger partial charge in [0.15, 0.2) is 6.61 Å². The van der Waals surface area contributed by atoms with E-state index in [4.69, 9.17) is 27.9 Å². The van der Waals surface area contributed by atoms with E-state index in [-0.39, 0.29) is 12.5 Å². The van der Waals surface area contributed by atoms with Gasteiger partial charge in [-0.25, -0.2) is 5.01 Å². The van der Waals surface area contributed by atoms with Gasteiger partial charge in [-0.05, 0) is 18.2 Å². The number of carbonyl (C=O) groups is 1. The molecule has 1 rings (SSSR count). The Balaban J connectivity index is 2.51. The predicted octanol–water partition coefficient (Wildman–Crippen LogP) is 1.96. The van der Waals surface area contributed by atoms with Gasteiger partial charge in [-0.15, -0.1) is 0 Å². The molecule has 0 aromatic heterocycles. The summed E-state index contributed by atoms with van der Waals surface area (Å²) < 4.78 is 5.23. The van der Waals surface area contributed by atoms with Crippen molar-refractivity contribution in [2.24, 2.45) is 0 Å². The van der Waals surface area contributed by atoms with Gasteiger partial charge in [0.2, 0.25) is 0 Å². The van der Waals surface area contributed by atoms with E-state index in [1.165, 1.54) is 5.01 Å². The van der Waals surface area contributed by atoms with E-state index in [9.17, 15) is 4.79 Å². The fourth-order valence-electron chi connectivity index (χ4n) is 1.02. The lowest BCUT2D eigenvalue weighted by Gasteiger charge is -2.12. The highest BCUT2D eigenvalue weighted by Crippen LogP contribution is 2.27. The number of amides is 1. The molecule has 0 unspecified atom stereocenters. The van der Waals surface area contributed by atoms with Gasteiger partial charge in [0.25, 0.3) is 5.91 Å². The SMILES string of the molecule is CN(C)NC(=O)COc1ccc(Cl)cc1Cl. The minimum atomic E-state index is -0.254. The van der Waals surface area contributed by atoms with Crippen molar-refractivity contribution in [2.45, 2.75) is 0 Å². The van der Waals surface area contributed by atoms with Crippen molar-refractivity contribution in [1.29, 1.82) is 0 Å². The molecule has 88 valence electrons. The third kappa shape index (κ3) is 4.26. The van der Waals surface area contributed by atoms with Gasteiger partial charge in [0.1, 0.15) is 5.75 Å². The second kappa shape index (κ2) is 5.94. The minimum absolute atomic E-state index is 0.0977. The molecule has 0 saturated carbocycles. The van der Waals surface area contributed by atoms with Crippen LogP contribution in [0, 0.1) is 0 Å². The van der Waals surface area contributed by atoms with Crippen LogP contribution >= 0.6 is 23.2 Å². The van der Waals surface area contributed by atoms with E-state index in [0.29, 0.717) is 15.8 Å². The van der Waals surface area contributed by atoms with Crippen molar-refractivity contribution in [2.75, 3.05) is 20.7 Å². The van der Waals surface area contributed by atoms with Gasteiger partial charge in [-0.2, -0.15) is 0 Å². The Bertz CT molecular complexity index is 383. The van der Waals surface area contributed by atoms with Crippen molar-refractivity contribution in [1.82, 2.24) is 10.4 Å². The molecule has 0 fully saturated rings. The number of ether oxygens (including phenoxy) is 1. The van der Waals surface area contributed by atoms with Crippen molar-refractivity contribution in [3.8, 4) is 5.75 Å². The number of rotatable bonds is 4. The van der Waals surface area contributed by atoms with Crippen molar-refractivity contribution in [3.63, 3.8) is 0 Å². The van der Waals surface area contributed by atoms with E-state index in [1.807, 2.05) is 0 Å². The molecule has 0 bridgehead atoms. The molecule has 16 heavy (non-hydrogen) atoms. The molecule has 0 radical (unpaired) electrons. The summed E-state index contributed by atoms with van der Waals surface area (Å²) in [6, 6.07) is 4.82. The molecule has 4 nitrogen and oxygen atoms in total. The van der Waals surface area contributed by atoms with Gasteiger partial charge in [0, 0.05) is 19.1 Å². The van der Waals surface area contributed by atoms with Gasteiger partial charge >= 0.3 is 0 Å². The van der Waals surface area contributed by atoms with Crippen LogP contribution in [0.3, 0.4) is 0 Å². The summed E-state index contributed by atoms with van der Waals surface area (Å²) in [4.78, 5) is 11.3. The van der Waals surface area contributed by atoms with Crippen LogP contribution in [0.1, 0.15) is 0 Å². The lowest BCUT2D eigenvalue weighted by Crippen LogP contribution is -2.39. The van der Waals surface area contributed by atoms with E-state index >= 15 is 0 Å². The molecule has 0 aliphatic carbocycles. The number of hydrogen-bond acceptors (Lipinski definition) is 3. The first kappa shape index (κ1) is 13.1. The Morgan fingerprint density at radius 3 is 2.69 bits per heavy atom. The molecular weight excluding hydrogens is 251 g/mol. The largest absolute Gasteiger partial charge is 0.482 e. The molecular formula is C10H12Cl2N2O2. The second-order valence-electron chi connectivity index (χ2n) is 3.29. The molecule has 1 amide bonds. The normalized spacial score (nSPS) is 10.3. The summed E-state index contributed by atoms with van der Waals surface area (Å²) in [5.41, 5.74) is 2.54. The standard InChI is InChI=1S/C10H12Cl2N2O2/c1-14(2)13-10(15)6-16-9-4-3-7(11)5-8(9)12/h3-5H,6H2,1-2H3,(H,13,15). The van der Waals surface area contributed by atoms with Crippen LogP contribution in [0.15, 0.2) is 18.2 Å². The van der Waals surface area contributed by atoms with Crippen LogP contribution in [0.25, 0.3) is 0 Å². The molecule has 0 spiro atoms. The summed E-state index contributed by atoms with van der Waals surface area (Å²) in [5.74, 6) is 0.177. The summed E-state index contributed by atoms with van der Waals surface area (Å²) in [5, 5.41) is 2.44. The number of nitrogens with zero attached hydrogens (tertiary/aromatic N) is 1. The Morgan fingerprint density at radius 2 is 2.12 bits per heavy atom. The summed E-state index contributed by atoms with van der Waals surface area (Å²) in [6.07, 6.45) is 0. The first-order valence-corrected chi connectivity index (χ1v) is 5.29. The molecule has 1 aromatic carbocycles. The van der Waals surface area contributed by atoms with Crippen LogP contribution in [0.4, 0.5) is 0 Å². The molecule has 0 aliphatic rings. The van der Waals surface area contributed by atoms with Gasteiger partial charge in [-0.3, -0.25) is 10.2 Å². The monoisotopic (exact) mass is 262 g/mol. The lowest BCUT2D eigenvalue weighted by atomic mass is 10.3. The Labute approximate surface area is 104 Å². The van der Waals surface area contributed by atoms with Crippen LogP contribution < -0.4 is 10.2 Å². The third-order valence-electron chi connectivity index (χ3n) is 1.60. The highest BCUT2D eigenvalue weighted by Gasteiger charge is 2.06. The lowest BCUT2D eigenvalue weighted by molar-refractivity contribution is -0.126. The molecule has 1 aromatic rings. The number of halogens is 2. The quantitative estimate of drug-likeness (QED) is 0.844. The van der Waals surface area contributed by atoms with E-state index in [2.05, 4.69) is 5.43 Å². The minimum Gasteiger partial charge on any atom is -0.482 e. The number of benzene rings is 1. The first-order valence-electron chi connectivity index (χ1n) is 4.53. The van der Waals surface area contributed by atoms with Gasteiger partial charge in [0.05, 0.1) is 5.02 Å². The van der Waals surface area contributed by atoms with E-state index < -0.39 is 0 Å². The highest BCUT2D eigenvalue weighted by molar-refractivity contribution is 6.35. The summed E-state index contributed by atoms with van der Waals surface area (Å²) in [6.45, 7) is -0.0977. The van der Waals surface area contributed by atoms with Gasteiger partial charge in [-0.1, -0.05) is 23.2 Å². The molecule has 0 aliphatic heterocycles. The van der Waals surface area contributed by atoms with Crippen molar-refractivity contribution >= 4 is 29.1 Å². The van der Waals surface area contributed by atoms with Crippen molar-refractivity contribution in [3.05, 3.63) is 28.2 Å². The topological polar surface area (TPSA) is 41.6 Å². The third-order valence-corrected chi connectivity index (χ3v) is 2.13. The predicted molar refractivity (Wildman–Crippen MR) is 63.8 cm³/mol. The number of hydrazine groups is 1. The molecule has 0 atom stereocenters. The van der Waals surface area contributed by atoms with Crippen LogP contribution in [-0.2, 0) is 4.79 Å². The Hall–Kier alpha value is -0.970. The van der Waals surface area contributed by atoms with Crippen molar-refractivity contribution < 1.29 is 9.53 Å². The molecule has 1 N–H and O–H groups in total. The number of nitrogens with one attached hydrogen (secondary N) is 1. The molecule has 0 saturated heterocycles.